The summed E-state index contributed by atoms with van der Waals surface area (Å²) in [6, 6.07) is 10.4. The Hall–Kier alpha value is -3.02. The van der Waals surface area contributed by atoms with E-state index in [0.29, 0.717) is 11.6 Å². The second-order valence-corrected chi connectivity index (χ2v) is 7.82. The number of hydrazone groups is 1. The highest BCUT2D eigenvalue weighted by Gasteiger charge is 2.73. The lowest BCUT2D eigenvalue weighted by Crippen LogP contribution is -2.58. The van der Waals surface area contributed by atoms with Gasteiger partial charge in [-0.05, 0) is 44.4 Å². The van der Waals surface area contributed by atoms with Crippen molar-refractivity contribution in [2.24, 2.45) is 5.10 Å². The molecule has 0 radical (unpaired) electrons. The van der Waals surface area contributed by atoms with E-state index in [9.17, 15) is 30.7 Å². The van der Waals surface area contributed by atoms with Gasteiger partial charge in [-0.15, -0.1) is 0 Å². The summed E-state index contributed by atoms with van der Waals surface area (Å²) in [5.41, 5.74) is 1.51. The monoisotopic (exact) mass is 552 g/mol. The quantitative estimate of drug-likeness (QED) is 0.143. The molecule has 0 fully saturated rings. The predicted octanol–water partition coefficient (Wildman–Crippen LogP) is 6.90. The molecule has 0 saturated heterocycles. The second kappa shape index (κ2) is 9.69. The molecule has 1 N–H and O–H groups in total. The van der Waals surface area contributed by atoms with Gasteiger partial charge in [0, 0.05) is 10.0 Å². The first-order valence-corrected chi connectivity index (χ1v) is 10.3. The summed E-state index contributed by atoms with van der Waals surface area (Å²) < 4.78 is 100. The fourth-order valence-electron chi connectivity index (χ4n) is 2.93. The molecule has 3 rings (SSSR count). The van der Waals surface area contributed by atoms with Crippen LogP contribution in [0.1, 0.15) is 11.1 Å². The number of hydrogen-bond acceptors (Lipinski definition) is 4. The molecule has 0 saturated carbocycles. The van der Waals surface area contributed by atoms with Gasteiger partial charge in [-0.3, -0.25) is 0 Å². The fourth-order valence-corrected chi connectivity index (χ4v) is 3.35. The maximum atomic E-state index is 13.3. The van der Waals surface area contributed by atoms with Crippen LogP contribution < -0.4 is 14.9 Å². The van der Waals surface area contributed by atoms with Crippen molar-refractivity contribution in [3.05, 3.63) is 70.2 Å². The standard InChI is InChI=1S/C22H16BrF7N2O2/c1-33-18-9-15(11-31-32-22(29,30)20(24,25)21(26,27)28)17(23)10-19(18)34-12-14-7-4-6-13-5-2-3-8-16(13)14/h2-11,32H,12H2,1H3/b31-11+. The van der Waals surface area contributed by atoms with Gasteiger partial charge in [0.1, 0.15) is 6.61 Å². The molecule has 0 spiro atoms. The van der Waals surface area contributed by atoms with E-state index in [-0.39, 0.29) is 28.1 Å². The highest BCUT2D eigenvalue weighted by atomic mass is 79.9. The van der Waals surface area contributed by atoms with Gasteiger partial charge in [0.05, 0.1) is 13.3 Å². The highest BCUT2D eigenvalue weighted by molar-refractivity contribution is 9.10. The topological polar surface area (TPSA) is 42.8 Å². The van der Waals surface area contributed by atoms with Gasteiger partial charge in [-0.25, -0.2) is 5.43 Å². The van der Waals surface area contributed by atoms with Crippen molar-refractivity contribution in [1.82, 2.24) is 5.43 Å². The Bertz CT molecular complexity index is 1190. The maximum Gasteiger partial charge on any atom is 0.462 e. The Kier molecular flexibility index (Phi) is 7.29. The van der Waals surface area contributed by atoms with Crippen LogP contribution in [0.3, 0.4) is 0 Å². The van der Waals surface area contributed by atoms with Crippen molar-refractivity contribution in [3.63, 3.8) is 0 Å². The molecule has 0 atom stereocenters. The average Bonchev–Trinajstić information content (AvgIpc) is 2.77. The Morgan fingerprint density at radius 1 is 0.941 bits per heavy atom. The Morgan fingerprint density at radius 2 is 1.62 bits per heavy atom. The third-order valence-electron chi connectivity index (χ3n) is 4.71. The lowest BCUT2D eigenvalue weighted by molar-refractivity contribution is -0.361. The van der Waals surface area contributed by atoms with Crippen LogP contribution in [0.25, 0.3) is 10.8 Å². The van der Waals surface area contributed by atoms with Crippen LogP contribution in [0, 0.1) is 0 Å². The van der Waals surface area contributed by atoms with E-state index in [4.69, 9.17) is 9.47 Å². The molecule has 182 valence electrons. The predicted molar refractivity (Wildman–Crippen MR) is 116 cm³/mol. The van der Waals surface area contributed by atoms with E-state index in [2.05, 4.69) is 21.0 Å². The molecule has 0 aliphatic heterocycles. The molecule has 0 unspecified atom stereocenters. The van der Waals surface area contributed by atoms with Crippen molar-refractivity contribution in [1.29, 1.82) is 0 Å². The molecule has 4 nitrogen and oxygen atoms in total. The van der Waals surface area contributed by atoms with Crippen LogP contribution in [0.5, 0.6) is 11.5 Å². The third kappa shape index (κ3) is 5.21. The first kappa shape index (κ1) is 25.6. The first-order valence-electron chi connectivity index (χ1n) is 9.47. The van der Waals surface area contributed by atoms with E-state index in [1.165, 1.54) is 19.2 Å². The first-order chi connectivity index (χ1) is 15.9. The summed E-state index contributed by atoms with van der Waals surface area (Å²) in [7, 11) is 1.31. The van der Waals surface area contributed by atoms with Crippen LogP contribution in [0.2, 0.25) is 0 Å². The number of nitrogens with one attached hydrogen (secondary N) is 1. The number of hydrogen-bond donors (Lipinski definition) is 1. The Labute approximate surface area is 197 Å². The smallest absolute Gasteiger partial charge is 0.462 e. The summed E-state index contributed by atoms with van der Waals surface area (Å²) >= 11 is 3.16. The third-order valence-corrected chi connectivity index (χ3v) is 5.39. The molecular weight excluding hydrogens is 537 g/mol. The average molecular weight is 553 g/mol. The summed E-state index contributed by atoms with van der Waals surface area (Å²) in [6.07, 6.45) is -5.83. The van der Waals surface area contributed by atoms with E-state index in [1.54, 1.807) is 0 Å². The van der Waals surface area contributed by atoms with Crippen molar-refractivity contribution in [3.8, 4) is 11.5 Å². The van der Waals surface area contributed by atoms with Crippen molar-refractivity contribution >= 4 is 32.9 Å². The van der Waals surface area contributed by atoms with Gasteiger partial charge in [0.25, 0.3) is 0 Å². The van der Waals surface area contributed by atoms with Crippen LogP contribution in [0.15, 0.2) is 64.2 Å². The van der Waals surface area contributed by atoms with Gasteiger partial charge < -0.3 is 9.47 Å². The van der Waals surface area contributed by atoms with Gasteiger partial charge >= 0.3 is 18.1 Å². The summed E-state index contributed by atoms with van der Waals surface area (Å²) in [6.45, 7) is 0.165. The number of alkyl halides is 7. The summed E-state index contributed by atoms with van der Waals surface area (Å²) in [4.78, 5) is 0. The summed E-state index contributed by atoms with van der Waals surface area (Å²) in [5, 5.41) is 4.85. The van der Waals surface area contributed by atoms with E-state index in [0.717, 1.165) is 16.3 Å². The van der Waals surface area contributed by atoms with Gasteiger partial charge in [0.2, 0.25) is 0 Å². The lowest BCUT2D eigenvalue weighted by Gasteiger charge is -2.27. The largest absolute Gasteiger partial charge is 0.493 e. The van der Waals surface area contributed by atoms with Crippen LogP contribution in [-0.4, -0.2) is 31.5 Å². The zero-order valence-corrected chi connectivity index (χ0v) is 18.9. The molecule has 0 aliphatic carbocycles. The van der Waals surface area contributed by atoms with Gasteiger partial charge in [0.15, 0.2) is 11.5 Å². The molecular formula is C22H16BrF7N2O2. The van der Waals surface area contributed by atoms with Crippen LogP contribution in [-0.2, 0) is 6.61 Å². The Balaban J connectivity index is 1.78. The normalized spacial score (nSPS) is 12.9. The molecule has 0 bridgehead atoms. The van der Waals surface area contributed by atoms with Crippen LogP contribution >= 0.6 is 15.9 Å². The van der Waals surface area contributed by atoms with Crippen LogP contribution in [0.4, 0.5) is 30.7 Å². The maximum absolute atomic E-state index is 13.3. The second-order valence-electron chi connectivity index (χ2n) is 6.97. The lowest BCUT2D eigenvalue weighted by atomic mass is 10.1. The van der Waals surface area contributed by atoms with E-state index in [1.807, 2.05) is 42.5 Å². The number of halogens is 8. The van der Waals surface area contributed by atoms with Gasteiger partial charge in [-0.2, -0.15) is 35.8 Å². The molecule has 0 amide bonds. The number of nitrogens with zero attached hydrogens (tertiary/aromatic N) is 1. The number of fused-ring (bicyclic) bond motifs is 1. The Morgan fingerprint density at radius 3 is 2.29 bits per heavy atom. The number of rotatable bonds is 8. The zero-order valence-electron chi connectivity index (χ0n) is 17.3. The molecule has 3 aromatic carbocycles. The number of methoxy groups -OCH3 is 1. The zero-order chi connectivity index (χ0) is 25.1. The number of ether oxygens (including phenoxy) is 2. The molecule has 3 aromatic rings. The van der Waals surface area contributed by atoms with E-state index < -0.39 is 18.1 Å². The summed E-state index contributed by atoms with van der Waals surface area (Å²) in [5.74, 6) is -5.91. The van der Waals surface area contributed by atoms with Crippen molar-refractivity contribution in [2.75, 3.05) is 7.11 Å². The molecule has 12 heteroatoms. The van der Waals surface area contributed by atoms with Gasteiger partial charge in [-0.1, -0.05) is 42.5 Å². The molecule has 0 aromatic heterocycles. The minimum atomic E-state index is -6.47. The highest BCUT2D eigenvalue weighted by Crippen LogP contribution is 2.45. The minimum Gasteiger partial charge on any atom is -0.493 e. The van der Waals surface area contributed by atoms with Crippen molar-refractivity contribution in [2.45, 2.75) is 24.8 Å². The number of benzene rings is 3. The molecule has 34 heavy (non-hydrogen) atoms. The molecule has 0 heterocycles. The SMILES string of the molecule is COc1cc(/C=N/NC(F)(F)C(F)(F)C(F)(F)F)c(Br)cc1OCc1cccc2ccccc12. The van der Waals surface area contributed by atoms with Crippen molar-refractivity contribution < 1.29 is 40.2 Å². The fraction of sp³-hybridized carbons (Fsp3) is 0.227. The molecule has 0 aliphatic rings. The minimum absolute atomic E-state index is 0.0491. The van der Waals surface area contributed by atoms with E-state index >= 15 is 0 Å².